The van der Waals surface area contributed by atoms with E-state index in [-0.39, 0.29) is 39.8 Å². The third kappa shape index (κ3) is 6.80. The molecule has 0 bridgehead atoms. The highest BCUT2D eigenvalue weighted by atomic mass is 35.5. The lowest BCUT2D eigenvalue weighted by molar-refractivity contribution is -0.130. The second-order valence-corrected chi connectivity index (χ2v) is 6.91. The molecule has 0 fully saturated rings. The lowest BCUT2D eigenvalue weighted by Crippen LogP contribution is -2.09. The van der Waals surface area contributed by atoms with Gasteiger partial charge in [0.15, 0.2) is 5.75 Å². The zero-order chi connectivity index (χ0) is 23.9. The summed E-state index contributed by atoms with van der Waals surface area (Å²) in [5, 5.41) is 9.24. The maximum atomic E-state index is 12.8. The molecule has 0 saturated heterocycles. The van der Waals surface area contributed by atoms with Crippen molar-refractivity contribution in [2.24, 2.45) is 0 Å². The highest BCUT2D eigenvalue weighted by Gasteiger charge is 2.34. The van der Waals surface area contributed by atoms with Gasteiger partial charge in [-0.25, -0.2) is 9.18 Å². The number of aliphatic carboxylic acids is 1. The van der Waals surface area contributed by atoms with Gasteiger partial charge in [0.2, 0.25) is 5.83 Å². The number of hydrogen-bond acceptors (Lipinski definition) is 4. The Hall–Kier alpha value is -2.91. The van der Waals surface area contributed by atoms with Crippen molar-refractivity contribution in [3.8, 4) is 11.5 Å². The lowest BCUT2D eigenvalue weighted by atomic mass is 10.0. The predicted molar refractivity (Wildman–Crippen MR) is 111 cm³/mol. The molecular weight excluding hydrogens is 479 g/mol. The minimum absolute atomic E-state index is 0.0586. The van der Waals surface area contributed by atoms with Crippen LogP contribution in [-0.2, 0) is 16.1 Å². The first-order valence-electron chi connectivity index (χ1n) is 8.76. The Bertz CT molecular complexity index is 1010. The summed E-state index contributed by atoms with van der Waals surface area (Å²) in [5.41, 5.74) is 0.821. The zero-order valence-electron chi connectivity index (χ0n) is 16.4. The van der Waals surface area contributed by atoms with Gasteiger partial charge in [0.25, 0.3) is 0 Å². The molecule has 0 radical (unpaired) electrons. The third-order valence-electron chi connectivity index (χ3n) is 3.90. The van der Waals surface area contributed by atoms with E-state index in [1.807, 2.05) is 0 Å². The fraction of sp³-hybridized carbons (Fsp3) is 0.190. The molecule has 11 heteroatoms. The van der Waals surface area contributed by atoms with Gasteiger partial charge >= 0.3 is 12.1 Å². The predicted octanol–water partition coefficient (Wildman–Crippen LogP) is 6.44. The van der Waals surface area contributed by atoms with Crippen molar-refractivity contribution in [1.29, 1.82) is 0 Å². The average Bonchev–Trinajstić information content (AvgIpc) is 2.71. The van der Waals surface area contributed by atoms with Crippen LogP contribution in [0.25, 0.3) is 5.57 Å². The Morgan fingerprint density at radius 2 is 1.75 bits per heavy atom. The van der Waals surface area contributed by atoms with Crippen molar-refractivity contribution >= 4 is 34.7 Å². The summed E-state index contributed by atoms with van der Waals surface area (Å²) in [5.74, 6) is -3.45. The number of carbonyl (C=O) groups is 1. The Balaban J connectivity index is 2.16. The van der Waals surface area contributed by atoms with E-state index in [2.05, 4.69) is 0 Å². The van der Waals surface area contributed by atoms with Crippen LogP contribution in [0.4, 0.5) is 17.6 Å². The van der Waals surface area contributed by atoms with Gasteiger partial charge in [-0.1, -0.05) is 47.5 Å². The van der Waals surface area contributed by atoms with Gasteiger partial charge in [-0.3, -0.25) is 0 Å². The summed E-state index contributed by atoms with van der Waals surface area (Å²) in [4.78, 5) is 11.5. The molecule has 2 aromatic carbocycles. The topological polar surface area (TPSA) is 65.0 Å². The van der Waals surface area contributed by atoms with E-state index in [0.717, 1.165) is 6.26 Å². The van der Waals surface area contributed by atoms with Crippen LogP contribution in [-0.4, -0.2) is 31.0 Å². The quantitative estimate of drug-likeness (QED) is 0.247. The molecule has 2 aromatic rings. The number of benzene rings is 2. The average molecular weight is 495 g/mol. The van der Waals surface area contributed by atoms with Crippen LogP contribution in [0.1, 0.15) is 11.1 Å². The molecule has 0 aliphatic heterocycles. The minimum atomic E-state index is -5.11. The van der Waals surface area contributed by atoms with Crippen LogP contribution >= 0.6 is 23.2 Å². The Morgan fingerprint density at radius 3 is 2.31 bits per heavy atom. The molecule has 0 amide bonds. The molecule has 0 aromatic heterocycles. The summed E-state index contributed by atoms with van der Waals surface area (Å²) in [6.45, 7) is -0.806. The number of allylic oxidation sites excluding steroid dienone is 1. The van der Waals surface area contributed by atoms with Crippen molar-refractivity contribution in [2.45, 2.75) is 12.8 Å². The molecule has 0 unspecified atom stereocenters. The molecule has 0 spiro atoms. The third-order valence-corrected chi connectivity index (χ3v) is 4.46. The first kappa shape index (κ1) is 25.4. The molecule has 0 saturated carbocycles. The van der Waals surface area contributed by atoms with E-state index in [0.29, 0.717) is 11.1 Å². The van der Waals surface area contributed by atoms with Gasteiger partial charge in [0, 0.05) is 12.1 Å². The van der Waals surface area contributed by atoms with E-state index < -0.39 is 24.6 Å². The second-order valence-electron chi connectivity index (χ2n) is 6.10. The number of hydrogen-bond donors (Lipinski definition) is 1. The minimum Gasteiger partial charge on any atom is -0.503 e. The first-order chi connectivity index (χ1) is 15.0. The van der Waals surface area contributed by atoms with Gasteiger partial charge in [-0.15, -0.1) is 0 Å². The molecule has 32 heavy (non-hydrogen) atoms. The number of methoxy groups -OCH3 is 1. The molecule has 1 N–H and O–H groups in total. The van der Waals surface area contributed by atoms with E-state index in [1.165, 1.54) is 19.2 Å². The fourth-order valence-electron chi connectivity index (χ4n) is 2.49. The van der Waals surface area contributed by atoms with Gasteiger partial charge < -0.3 is 19.3 Å². The number of carboxylic acid groups (broad SMARTS) is 1. The van der Waals surface area contributed by atoms with Crippen LogP contribution in [0, 0.1) is 0 Å². The van der Waals surface area contributed by atoms with Crippen molar-refractivity contribution in [2.75, 3.05) is 13.7 Å². The first-order valence-corrected chi connectivity index (χ1v) is 9.52. The lowest BCUT2D eigenvalue weighted by Gasteiger charge is -2.14. The Labute approximate surface area is 190 Å². The van der Waals surface area contributed by atoms with Crippen molar-refractivity contribution < 1.29 is 41.7 Å². The van der Waals surface area contributed by atoms with Crippen LogP contribution in [0.5, 0.6) is 11.5 Å². The Kier molecular flexibility index (Phi) is 8.80. The smallest absolute Gasteiger partial charge is 0.442 e. The van der Waals surface area contributed by atoms with Crippen molar-refractivity contribution in [3.63, 3.8) is 0 Å². The molecule has 0 aliphatic rings. The number of ether oxygens (including phenoxy) is 3. The highest BCUT2D eigenvalue weighted by Crippen LogP contribution is 2.37. The van der Waals surface area contributed by atoms with Gasteiger partial charge in [-0.05, 0) is 17.2 Å². The van der Waals surface area contributed by atoms with Crippen LogP contribution in [0.2, 0.25) is 10.0 Å². The normalized spacial score (nSPS) is 12.5. The summed E-state index contributed by atoms with van der Waals surface area (Å²) in [7, 11) is 1.32. The standard InChI is InChI=1S/C21H16Cl2F4O5/c1-30-11-15(20(28)29)14-5-3-2-4-12(14)10-32-13-8-16(22)19(17(23)9-13)31-7-6-18(24)21(25,26)27/h2-6,8-9,11H,7,10H2,1H3,(H,28,29). The van der Waals surface area contributed by atoms with Crippen LogP contribution in [0.3, 0.4) is 0 Å². The summed E-state index contributed by atoms with van der Waals surface area (Å²) < 4.78 is 64.8. The van der Waals surface area contributed by atoms with Crippen LogP contribution < -0.4 is 9.47 Å². The fourth-order valence-corrected chi connectivity index (χ4v) is 3.06. The number of halogens is 6. The molecule has 172 valence electrons. The maximum absolute atomic E-state index is 12.8. The van der Waals surface area contributed by atoms with E-state index in [9.17, 15) is 27.5 Å². The molecule has 0 aliphatic carbocycles. The van der Waals surface area contributed by atoms with Gasteiger partial charge in [0.05, 0.1) is 23.4 Å². The van der Waals surface area contributed by atoms with Gasteiger partial charge in [-0.2, -0.15) is 13.2 Å². The van der Waals surface area contributed by atoms with Gasteiger partial charge in [0.1, 0.15) is 24.5 Å². The zero-order valence-corrected chi connectivity index (χ0v) is 17.9. The monoisotopic (exact) mass is 494 g/mol. The summed E-state index contributed by atoms with van der Waals surface area (Å²) in [6, 6.07) is 9.20. The summed E-state index contributed by atoms with van der Waals surface area (Å²) >= 11 is 12.1. The maximum Gasteiger partial charge on any atom is 0.442 e. The summed E-state index contributed by atoms with van der Waals surface area (Å²) in [6.07, 6.45) is -3.80. The second kappa shape index (κ2) is 11.1. The molecular formula is C21H16Cl2F4O5. The van der Waals surface area contributed by atoms with E-state index in [1.54, 1.807) is 24.3 Å². The molecule has 5 nitrogen and oxygen atoms in total. The number of carboxylic acids is 1. The number of alkyl halides is 3. The van der Waals surface area contributed by atoms with Crippen molar-refractivity contribution in [1.82, 2.24) is 0 Å². The highest BCUT2D eigenvalue weighted by molar-refractivity contribution is 6.37. The molecule has 2 rings (SSSR count). The SMILES string of the molecule is COC=C(C(=O)O)c1ccccc1COc1cc(Cl)c(OCC=C(F)C(F)(F)F)c(Cl)c1. The number of rotatable bonds is 9. The van der Waals surface area contributed by atoms with E-state index >= 15 is 0 Å². The van der Waals surface area contributed by atoms with E-state index in [4.69, 9.17) is 37.4 Å². The molecule has 0 atom stereocenters. The molecule has 0 heterocycles. The largest absolute Gasteiger partial charge is 0.503 e. The Morgan fingerprint density at radius 1 is 1.12 bits per heavy atom. The van der Waals surface area contributed by atoms with Crippen molar-refractivity contribution in [3.05, 3.63) is 75.7 Å². The van der Waals surface area contributed by atoms with Crippen LogP contribution in [0.15, 0.2) is 54.6 Å².